The normalized spacial score (nSPS) is 14.8. The van der Waals surface area contributed by atoms with E-state index in [1.807, 2.05) is 6.92 Å². The van der Waals surface area contributed by atoms with E-state index in [9.17, 15) is 22.4 Å². The maximum absolute atomic E-state index is 14.5. The lowest BCUT2D eigenvalue weighted by atomic mass is 10.1. The first-order valence-corrected chi connectivity index (χ1v) is 11.6. The van der Waals surface area contributed by atoms with E-state index < -0.39 is 23.5 Å². The van der Waals surface area contributed by atoms with Crippen LogP contribution in [-0.2, 0) is 13.2 Å². The van der Waals surface area contributed by atoms with Gasteiger partial charge in [-0.2, -0.15) is 18.3 Å². The van der Waals surface area contributed by atoms with Crippen LogP contribution < -0.4 is 10.2 Å². The second-order valence-electron chi connectivity index (χ2n) is 8.79. The zero-order valence-electron chi connectivity index (χ0n) is 20.6. The van der Waals surface area contributed by atoms with Gasteiger partial charge in [-0.25, -0.2) is 14.4 Å². The quantitative estimate of drug-likeness (QED) is 0.300. The van der Waals surface area contributed by atoms with Gasteiger partial charge in [0.15, 0.2) is 11.6 Å². The van der Waals surface area contributed by atoms with Crippen LogP contribution in [0.2, 0.25) is 0 Å². The molecule has 0 saturated heterocycles. The van der Waals surface area contributed by atoms with E-state index >= 15 is 0 Å². The summed E-state index contributed by atoms with van der Waals surface area (Å²) in [5, 5.41) is 8.96. The highest BCUT2D eigenvalue weighted by Gasteiger charge is 2.32. The van der Waals surface area contributed by atoms with Crippen LogP contribution in [0.5, 0.6) is 0 Å². The van der Waals surface area contributed by atoms with Crippen LogP contribution >= 0.6 is 0 Å². The molecule has 1 amide bonds. The van der Waals surface area contributed by atoms with Gasteiger partial charge in [-0.1, -0.05) is 5.92 Å². The van der Waals surface area contributed by atoms with Crippen molar-refractivity contribution < 1.29 is 22.4 Å². The van der Waals surface area contributed by atoms with E-state index in [1.54, 1.807) is 16.5 Å². The van der Waals surface area contributed by atoms with Crippen molar-refractivity contribution in [3.63, 3.8) is 0 Å². The first-order chi connectivity index (χ1) is 18.6. The third kappa shape index (κ3) is 5.49. The fourth-order valence-electron chi connectivity index (χ4n) is 3.91. The van der Waals surface area contributed by atoms with Crippen molar-refractivity contribution >= 4 is 23.6 Å². The minimum absolute atomic E-state index is 0.0170. The summed E-state index contributed by atoms with van der Waals surface area (Å²) in [6, 6.07) is 6.72. The molecule has 1 aliphatic rings. The van der Waals surface area contributed by atoms with Gasteiger partial charge in [-0.15, -0.1) is 0 Å². The van der Waals surface area contributed by atoms with Crippen molar-refractivity contribution in [3.8, 4) is 23.5 Å². The number of aliphatic imine (C=N–C) groups is 1. The number of hydrogen-bond donors (Lipinski definition) is 2. The van der Waals surface area contributed by atoms with Crippen LogP contribution in [0.25, 0.3) is 11.6 Å². The second-order valence-corrected chi connectivity index (χ2v) is 8.79. The molecule has 39 heavy (non-hydrogen) atoms. The van der Waals surface area contributed by atoms with Gasteiger partial charge in [0.25, 0.3) is 5.91 Å². The number of carbonyl (C=O) groups excluding carboxylic acids is 1. The van der Waals surface area contributed by atoms with Gasteiger partial charge in [-0.3, -0.25) is 14.9 Å². The van der Waals surface area contributed by atoms with Gasteiger partial charge in [0, 0.05) is 30.5 Å². The van der Waals surface area contributed by atoms with Gasteiger partial charge >= 0.3 is 6.18 Å². The first-order valence-electron chi connectivity index (χ1n) is 11.6. The maximum Gasteiger partial charge on any atom is 0.416 e. The molecule has 3 heterocycles. The Balaban J connectivity index is 1.40. The lowest BCUT2D eigenvalue weighted by Crippen LogP contribution is -2.22. The van der Waals surface area contributed by atoms with E-state index in [-0.39, 0.29) is 28.5 Å². The van der Waals surface area contributed by atoms with E-state index in [1.165, 1.54) is 37.1 Å². The molecule has 0 aliphatic carbocycles. The van der Waals surface area contributed by atoms with Gasteiger partial charge in [0.2, 0.25) is 0 Å². The molecule has 0 spiro atoms. The fourth-order valence-corrected chi connectivity index (χ4v) is 3.91. The predicted molar refractivity (Wildman–Crippen MR) is 136 cm³/mol. The van der Waals surface area contributed by atoms with Crippen LogP contribution in [-0.4, -0.2) is 49.6 Å². The van der Waals surface area contributed by atoms with E-state index in [2.05, 4.69) is 42.3 Å². The predicted octanol–water partition coefficient (Wildman–Crippen LogP) is 4.25. The average molecular weight is 536 g/mol. The number of hydrogen-bond acceptors (Lipinski definition) is 6. The van der Waals surface area contributed by atoms with Crippen molar-refractivity contribution in [2.24, 2.45) is 12.0 Å². The molecule has 2 N–H and O–H groups in total. The lowest BCUT2D eigenvalue weighted by Gasteiger charge is -2.19. The molecule has 13 heteroatoms. The van der Waals surface area contributed by atoms with Gasteiger partial charge in [0.05, 0.1) is 29.7 Å². The Morgan fingerprint density at radius 1 is 1.15 bits per heavy atom. The zero-order chi connectivity index (χ0) is 27.7. The van der Waals surface area contributed by atoms with Crippen LogP contribution in [0.4, 0.5) is 28.9 Å². The monoisotopic (exact) mass is 536 g/mol. The molecule has 2 aromatic carbocycles. The highest BCUT2D eigenvalue weighted by atomic mass is 19.4. The summed E-state index contributed by atoms with van der Waals surface area (Å²) in [5.74, 6) is 5.01. The number of imidazole rings is 1. The van der Waals surface area contributed by atoms with Crippen LogP contribution in [0, 0.1) is 17.7 Å². The molecular weight excluding hydrogens is 516 g/mol. The third-order valence-corrected chi connectivity index (χ3v) is 5.92. The Labute approximate surface area is 219 Å². The second kappa shape index (κ2) is 10.1. The fraction of sp³-hybridized carbons (Fsp3) is 0.192. The molecule has 5 rings (SSSR count). The number of carbonyl (C=O) groups is 1. The molecule has 1 atom stereocenters. The Hall–Kier alpha value is -4.99. The number of H-pyrrole nitrogens is 1. The summed E-state index contributed by atoms with van der Waals surface area (Å²) in [5.41, 5.74) is -0.355. The topological polar surface area (TPSA) is 104 Å². The van der Waals surface area contributed by atoms with Crippen molar-refractivity contribution in [2.45, 2.75) is 19.1 Å². The number of anilines is 2. The molecule has 4 aromatic rings. The molecule has 2 aromatic heterocycles. The molecule has 9 nitrogen and oxygen atoms in total. The number of rotatable bonds is 4. The van der Waals surface area contributed by atoms with Crippen molar-refractivity contribution in [1.82, 2.24) is 24.7 Å². The average Bonchev–Trinajstić information content (AvgIpc) is 3.64. The SMILES string of the molecule is CC1CN(c2cc(NC(=O)c3ccc(F)c(C#Cc4cnc(-c5ncn[nH]5)n4C)c3)cc(C(F)(F)F)c2)C=N1. The molecule has 0 saturated carbocycles. The van der Waals surface area contributed by atoms with Crippen LogP contribution in [0.15, 0.2) is 53.9 Å². The minimum atomic E-state index is -4.63. The van der Waals surface area contributed by atoms with E-state index in [4.69, 9.17) is 0 Å². The summed E-state index contributed by atoms with van der Waals surface area (Å²) in [4.78, 5) is 27.0. The molecule has 1 unspecified atom stereocenters. The van der Waals surface area contributed by atoms with Gasteiger partial charge < -0.3 is 14.8 Å². The maximum atomic E-state index is 14.5. The standard InChI is InChI=1S/C26H20F4N8O/c1-15-12-38(14-33-15)21-9-18(26(28,29)30)8-19(10-21)35-25(39)17-4-6-22(27)16(7-17)3-5-20-11-31-24(37(20)2)23-32-13-34-36-23/h4,6-11,13-15H,12H2,1-2H3,(H,35,39)(H,32,34,36). The molecule has 0 radical (unpaired) electrons. The molecule has 1 aliphatic heterocycles. The van der Waals surface area contributed by atoms with Crippen LogP contribution in [0.1, 0.15) is 34.1 Å². The highest BCUT2D eigenvalue weighted by molar-refractivity contribution is 6.05. The molecule has 198 valence electrons. The minimum Gasteiger partial charge on any atom is -0.331 e. The Kier molecular flexibility index (Phi) is 6.61. The number of halogens is 4. The number of aromatic nitrogens is 5. The molecular formula is C26H20F4N8O. The van der Waals surface area contributed by atoms with Gasteiger partial charge in [-0.05, 0) is 49.2 Å². The summed E-state index contributed by atoms with van der Waals surface area (Å²) >= 11 is 0. The third-order valence-electron chi connectivity index (χ3n) is 5.92. The number of nitrogens with one attached hydrogen (secondary N) is 2. The Bertz CT molecular complexity index is 1630. The Morgan fingerprint density at radius 2 is 1.97 bits per heavy atom. The van der Waals surface area contributed by atoms with E-state index in [0.29, 0.717) is 23.9 Å². The Morgan fingerprint density at radius 3 is 2.67 bits per heavy atom. The zero-order valence-corrected chi connectivity index (χ0v) is 20.6. The number of amides is 1. The van der Waals surface area contributed by atoms with Crippen LogP contribution in [0.3, 0.4) is 0 Å². The van der Waals surface area contributed by atoms with Gasteiger partial charge in [0.1, 0.15) is 17.8 Å². The summed E-state index contributed by atoms with van der Waals surface area (Å²) < 4.78 is 56.9. The van der Waals surface area contributed by atoms with Crippen molar-refractivity contribution in [1.29, 1.82) is 0 Å². The summed E-state index contributed by atoms with van der Waals surface area (Å²) in [6.07, 6.45) is -0.345. The van der Waals surface area contributed by atoms with E-state index in [0.717, 1.165) is 18.2 Å². The van der Waals surface area contributed by atoms with Crippen molar-refractivity contribution in [3.05, 3.63) is 77.1 Å². The molecule has 0 fully saturated rings. The summed E-state index contributed by atoms with van der Waals surface area (Å²) in [6.45, 7) is 2.25. The lowest BCUT2D eigenvalue weighted by molar-refractivity contribution is -0.137. The number of aromatic amines is 1. The molecule has 0 bridgehead atoms. The summed E-state index contributed by atoms with van der Waals surface area (Å²) in [7, 11) is 1.70. The smallest absolute Gasteiger partial charge is 0.331 e. The number of alkyl halides is 3. The highest BCUT2D eigenvalue weighted by Crippen LogP contribution is 2.35. The largest absolute Gasteiger partial charge is 0.416 e. The number of benzene rings is 2. The number of nitrogens with zero attached hydrogens (tertiary/aromatic N) is 6. The van der Waals surface area contributed by atoms with Crippen molar-refractivity contribution in [2.75, 3.05) is 16.8 Å². The first kappa shape index (κ1) is 25.7.